The Morgan fingerprint density at radius 1 is 1.58 bits per heavy atom. The highest BCUT2D eigenvalue weighted by Crippen LogP contribution is 2.12. The third-order valence-electron chi connectivity index (χ3n) is 3.25. The Balaban J connectivity index is 1.85. The van der Waals surface area contributed by atoms with E-state index >= 15 is 0 Å². The fraction of sp³-hybridized carbons (Fsp3) is 0.583. The molecule has 0 spiro atoms. The summed E-state index contributed by atoms with van der Waals surface area (Å²) >= 11 is 0. The van der Waals surface area contributed by atoms with Gasteiger partial charge in [0.2, 0.25) is 5.91 Å². The number of carbonyl (C=O) groups excluding carboxylic acids is 1. The number of carboxylic acid groups (broad SMARTS) is 1. The molecule has 2 rings (SSSR count). The van der Waals surface area contributed by atoms with E-state index in [4.69, 9.17) is 5.11 Å². The molecule has 2 heterocycles. The van der Waals surface area contributed by atoms with Gasteiger partial charge < -0.3 is 20.7 Å². The molecule has 1 unspecified atom stereocenters. The van der Waals surface area contributed by atoms with Crippen molar-refractivity contribution in [3.05, 3.63) is 18.2 Å². The average Bonchev–Trinajstić information content (AvgIpc) is 3.00. The maximum absolute atomic E-state index is 11.8. The highest BCUT2D eigenvalue weighted by molar-refractivity contribution is 5.83. The Morgan fingerprint density at radius 3 is 3.00 bits per heavy atom. The van der Waals surface area contributed by atoms with Gasteiger partial charge in [0, 0.05) is 24.7 Å². The topological polar surface area (TPSA) is 107 Å². The molecule has 0 radical (unpaired) electrons. The Bertz CT molecular complexity index is 426. The van der Waals surface area contributed by atoms with Gasteiger partial charge >= 0.3 is 5.97 Å². The fourth-order valence-electron chi connectivity index (χ4n) is 2.22. The second kappa shape index (κ2) is 6.33. The lowest BCUT2D eigenvalue weighted by Crippen LogP contribution is -2.43. The van der Waals surface area contributed by atoms with Crippen molar-refractivity contribution in [1.29, 1.82) is 0 Å². The minimum absolute atomic E-state index is 0.208. The number of amides is 1. The maximum atomic E-state index is 11.8. The van der Waals surface area contributed by atoms with Gasteiger partial charge in [-0.3, -0.25) is 4.79 Å². The second-order valence-electron chi connectivity index (χ2n) is 4.80. The molecular weight excluding hydrogens is 248 g/mol. The summed E-state index contributed by atoms with van der Waals surface area (Å²) in [6.07, 6.45) is 4.60. The smallest absolute Gasteiger partial charge is 0.326 e. The molecule has 1 amide bonds. The third kappa shape index (κ3) is 4.06. The zero-order valence-corrected chi connectivity index (χ0v) is 10.6. The number of nitrogens with zero attached hydrogens (tertiary/aromatic N) is 1. The van der Waals surface area contributed by atoms with E-state index in [1.165, 1.54) is 6.33 Å². The van der Waals surface area contributed by atoms with E-state index < -0.39 is 12.0 Å². The van der Waals surface area contributed by atoms with Crippen molar-refractivity contribution in [1.82, 2.24) is 20.6 Å². The number of carboxylic acids is 1. The summed E-state index contributed by atoms with van der Waals surface area (Å²) in [6.45, 7) is 1.75. The zero-order chi connectivity index (χ0) is 13.7. The van der Waals surface area contributed by atoms with Crippen LogP contribution in [0.3, 0.4) is 0 Å². The third-order valence-corrected chi connectivity index (χ3v) is 3.25. The average molecular weight is 266 g/mol. The van der Waals surface area contributed by atoms with Crippen molar-refractivity contribution in [3.8, 4) is 0 Å². The zero-order valence-electron chi connectivity index (χ0n) is 10.6. The molecule has 0 saturated carbocycles. The van der Waals surface area contributed by atoms with E-state index in [2.05, 4.69) is 20.6 Å². The van der Waals surface area contributed by atoms with Crippen molar-refractivity contribution in [2.75, 3.05) is 13.1 Å². The minimum Gasteiger partial charge on any atom is -0.480 e. The molecule has 1 saturated heterocycles. The number of imidazole rings is 1. The molecule has 4 N–H and O–H groups in total. The van der Waals surface area contributed by atoms with Crippen LogP contribution in [-0.2, 0) is 16.0 Å². The number of hydrogen-bond acceptors (Lipinski definition) is 4. The Hall–Kier alpha value is -1.89. The Morgan fingerprint density at radius 2 is 2.42 bits per heavy atom. The molecule has 1 fully saturated rings. The first kappa shape index (κ1) is 13.5. The molecule has 1 aliphatic rings. The van der Waals surface area contributed by atoms with Crippen LogP contribution in [0.15, 0.2) is 12.5 Å². The largest absolute Gasteiger partial charge is 0.480 e. The van der Waals surface area contributed by atoms with Crippen molar-refractivity contribution >= 4 is 11.9 Å². The molecule has 1 aromatic rings. The van der Waals surface area contributed by atoms with Gasteiger partial charge in [0.25, 0.3) is 0 Å². The van der Waals surface area contributed by atoms with Crippen molar-refractivity contribution in [3.63, 3.8) is 0 Å². The molecule has 19 heavy (non-hydrogen) atoms. The molecule has 7 nitrogen and oxygen atoms in total. The van der Waals surface area contributed by atoms with E-state index in [0.29, 0.717) is 18.0 Å². The first-order valence-electron chi connectivity index (χ1n) is 6.35. The minimum atomic E-state index is -1.03. The number of H-pyrrole nitrogens is 1. The first-order valence-corrected chi connectivity index (χ1v) is 6.35. The molecule has 104 valence electrons. The van der Waals surface area contributed by atoms with Crippen LogP contribution in [0.2, 0.25) is 0 Å². The van der Waals surface area contributed by atoms with Gasteiger partial charge in [0.05, 0.1) is 6.33 Å². The predicted molar refractivity (Wildman–Crippen MR) is 67.5 cm³/mol. The van der Waals surface area contributed by atoms with Crippen molar-refractivity contribution in [2.45, 2.75) is 25.3 Å². The molecule has 0 aromatic carbocycles. The number of aromatic amines is 1. The summed E-state index contributed by atoms with van der Waals surface area (Å²) in [7, 11) is 0. The van der Waals surface area contributed by atoms with Crippen LogP contribution in [0.1, 0.15) is 18.5 Å². The van der Waals surface area contributed by atoms with Crippen LogP contribution >= 0.6 is 0 Å². The van der Waals surface area contributed by atoms with Crippen LogP contribution < -0.4 is 10.6 Å². The quantitative estimate of drug-likeness (QED) is 0.556. The second-order valence-corrected chi connectivity index (χ2v) is 4.80. The molecule has 7 heteroatoms. The van der Waals surface area contributed by atoms with Gasteiger partial charge in [-0.2, -0.15) is 0 Å². The summed E-state index contributed by atoms with van der Waals surface area (Å²) in [5, 5.41) is 14.9. The van der Waals surface area contributed by atoms with E-state index in [1.807, 2.05) is 0 Å². The SMILES string of the molecule is O=C(CC1CCNC1)N[C@@H](Cc1cnc[nH]1)C(=O)O. The van der Waals surface area contributed by atoms with Crippen LogP contribution in [0, 0.1) is 5.92 Å². The number of hydrogen-bond donors (Lipinski definition) is 4. The number of aliphatic carboxylic acids is 1. The van der Waals surface area contributed by atoms with Gasteiger partial charge in [0.15, 0.2) is 0 Å². The highest BCUT2D eigenvalue weighted by Gasteiger charge is 2.24. The van der Waals surface area contributed by atoms with Gasteiger partial charge in [-0.15, -0.1) is 0 Å². The first-order chi connectivity index (χ1) is 9.15. The van der Waals surface area contributed by atoms with Crippen LogP contribution in [0.5, 0.6) is 0 Å². The van der Waals surface area contributed by atoms with E-state index in [-0.39, 0.29) is 12.3 Å². The van der Waals surface area contributed by atoms with Crippen LogP contribution in [0.4, 0.5) is 0 Å². The van der Waals surface area contributed by atoms with Gasteiger partial charge in [-0.25, -0.2) is 9.78 Å². The predicted octanol–water partition coefficient (Wildman–Crippen LogP) is -0.479. The molecule has 1 aliphatic heterocycles. The Labute approximate surface area is 110 Å². The summed E-state index contributed by atoms with van der Waals surface area (Å²) in [5.41, 5.74) is 0.690. The van der Waals surface area contributed by atoms with Crippen molar-refractivity contribution in [2.24, 2.45) is 5.92 Å². The number of aromatic nitrogens is 2. The molecule has 2 atom stereocenters. The summed E-state index contributed by atoms with van der Waals surface area (Å²) in [6, 6.07) is -0.915. The Kier molecular flexibility index (Phi) is 4.51. The lowest BCUT2D eigenvalue weighted by atomic mass is 10.0. The van der Waals surface area contributed by atoms with E-state index in [9.17, 15) is 9.59 Å². The summed E-state index contributed by atoms with van der Waals surface area (Å²) in [4.78, 5) is 29.6. The van der Waals surface area contributed by atoms with Gasteiger partial charge in [-0.05, 0) is 25.4 Å². The molecule has 0 bridgehead atoms. The normalized spacial score (nSPS) is 20.1. The monoisotopic (exact) mass is 266 g/mol. The fourth-order valence-corrected chi connectivity index (χ4v) is 2.22. The van der Waals surface area contributed by atoms with Crippen LogP contribution in [-0.4, -0.2) is 46.1 Å². The summed E-state index contributed by atoms with van der Waals surface area (Å²) in [5.74, 6) is -0.935. The summed E-state index contributed by atoms with van der Waals surface area (Å²) < 4.78 is 0. The van der Waals surface area contributed by atoms with Crippen molar-refractivity contribution < 1.29 is 14.7 Å². The molecular formula is C12H18N4O3. The van der Waals surface area contributed by atoms with E-state index in [1.54, 1.807) is 6.20 Å². The number of nitrogens with one attached hydrogen (secondary N) is 3. The number of carbonyl (C=O) groups is 2. The lowest BCUT2D eigenvalue weighted by molar-refractivity contribution is -0.141. The standard InChI is InChI=1S/C12H18N4O3/c17-11(3-8-1-2-13-5-8)16-10(12(18)19)4-9-6-14-7-15-9/h6-8,10,13H,1-5H2,(H,14,15)(H,16,17)(H,18,19)/t8?,10-/m0/s1. The lowest BCUT2D eigenvalue weighted by Gasteiger charge is -2.15. The van der Waals surface area contributed by atoms with E-state index in [0.717, 1.165) is 19.5 Å². The maximum Gasteiger partial charge on any atom is 0.326 e. The van der Waals surface area contributed by atoms with Crippen LogP contribution in [0.25, 0.3) is 0 Å². The van der Waals surface area contributed by atoms with Gasteiger partial charge in [0.1, 0.15) is 6.04 Å². The molecule has 0 aliphatic carbocycles. The highest BCUT2D eigenvalue weighted by atomic mass is 16.4. The molecule has 1 aromatic heterocycles. The number of rotatable bonds is 6. The van der Waals surface area contributed by atoms with Gasteiger partial charge in [-0.1, -0.05) is 0 Å².